The van der Waals surface area contributed by atoms with Crippen molar-refractivity contribution in [3.8, 4) is 11.4 Å². The van der Waals surface area contributed by atoms with Crippen LogP contribution >= 0.6 is 0 Å². The molecule has 0 saturated carbocycles. The van der Waals surface area contributed by atoms with Crippen molar-refractivity contribution in [1.29, 1.82) is 0 Å². The van der Waals surface area contributed by atoms with Gasteiger partial charge in [0.05, 0.1) is 12.8 Å². The predicted molar refractivity (Wildman–Crippen MR) is 67.8 cm³/mol. The molecular weight excluding hydrogens is 407 g/mol. The molecule has 100 valence electrons. The van der Waals surface area contributed by atoms with E-state index in [1.807, 2.05) is 22.9 Å². The standard InChI is InChI=1S/C14H17N2O.Pt/c1-5-14-10(2)11(3)16(15-14)12-6-8-13(17-4)9-7-12;/h6,8-9H,5H2,1-4H3;/q-1;. The normalized spacial score (nSPS) is 10.0. The number of aryl methyl sites for hydroxylation is 1. The minimum atomic E-state index is 0. The molecule has 2 rings (SSSR count). The van der Waals surface area contributed by atoms with Gasteiger partial charge in [-0.05, 0) is 31.5 Å². The van der Waals surface area contributed by atoms with Gasteiger partial charge in [0.25, 0.3) is 0 Å². The first-order chi connectivity index (χ1) is 8.17. The van der Waals surface area contributed by atoms with Gasteiger partial charge in [-0.1, -0.05) is 6.92 Å². The van der Waals surface area contributed by atoms with Crippen molar-refractivity contribution in [2.75, 3.05) is 7.11 Å². The maximum atomic E-state index is 5.12. The number of nitrogens with zero attached hydrogens (tertiary/aromatic N) is 2. The van der Waals surface area contributed by atoms with Crippen molar-refractivity contribution in [2.45, 2.75) is 27.2 Å². The second-order valence-corrected chi connectivity index (χ2v) is 4.04. The largest absolute Gasteiger partial charge is 0.554 e. The molecule has 0 radical (unpaired) electrons. The monoisotopic (exact) mass is 424 g/mol. The summed E-state index contributed by atoms with van der Waals surface area (Å²) >= 11 is 0. The number of aromatic nitrogens is 2. The van der Waals surface area contributed by atoms with Gasteiger partial charge in [0.1, 0.15) is 0 Å². The van der Waals surface area contributed by atoms with Gasteiger partial charge >= 0.3 is 0 Å². The Hall–Kier alpha value is -1.08. The summed E-state index contributed by atoms with van der Waals surface area (Å²) in [4.78, 5) is 0. The van der Waals surface area contributed by atoms with E-state index in [-0.39, 0.29) is 21.1 Å². The summed E-state index contributed by atoms with van der Waals surface area (Å²) in [6, 6.07) is 8.91. The molecule has 1 heterocycles. The first kappa shape index (κ1) is 15.0. The van der Waals surface area contributed by atoms with E-state index < -0.39 is 0 Å². The summed E-state index contributed by atoms with van der Waals surface area (Å²) in [6.07, 6.45) is 0.954. The average Bonchev–Trinajstić information content (AvgIpc) is 2.66. The summed E-state index contributed by atoms with van der Waals surface area (Å²) in [6.45, 7) is 6.32. The van der Waals surface area contributed by atoms with E-state index in [4.69, 9.17) is 4.74 Å². The summed E-state index contributed by atoms with van der Waals surface area (Å²) in [5.41, 5.74) is 4.53. The quantitative estimate of drug-likeness (QED) is 0.709. The van der Waals surface area contributed by atoms with Crippen molar-refractivity contribution in [2.24, 2.45) is 0 Å². The molecule has 0 unspecified atom stereocenters. The Labute approximate surface area is 122 Å². The average molecular weight is 424 g/mol. The van der Waals surface area contributed by atoms with Gasteiger partial charge in [-0.3, -0.25) is 4.68 Å². The number of ether oxygens (including phenoxy) is 1. The van der Waals surface area contributed by atoms with E-state index in [2.05, 4.69) is 31.9 Å². The molecule has 18 heavy (non-hydrogen) atoms. The van der Waals surface area contributed by atoms with Crippen molar-refractivity contribution in [1.82, 2.24) is 9.78 Å². The van der Waals surface area contributed by atoms with Crippen molar-refractivity contribution < 1.29 is 25.8 Å². The molecule has 0 N–H and O–H groups in total. The third kappa shape index (κ3) is 2.67. The molecule has 0 aliphatic heterocycles. The molecule has 0 bridgehead atoms. The topological polar surface area (TPSA) is 27.1 Å². The van der Waals surface area contributed by atoms with Crippen molar-refractivity contribution in [3.05, 3.63) is 41.2 Å². The van der Waals surface area contributed by atoms with Crippen LogP contribution in [0.3, 0.4) is 0 Å². The molecule has 0 saturated heterocycles. The third-order valence-corrected chi connectivity index (χ3v) is 3.08. The van der Waals surface area contributed by atoms with Crippen LogP contribution in [-0.4, -0.2) is 16.9 Å². The predicted octanol–water partition coefficient (Wildman–Crippen LogP) is 2.86. The molecule has 0 amide bonds. The van der Waals surface area contributed by atoms with Gasteiger partial charge < -0.3 is 4.74 Å². The second kappa shape index (κ2) is 6.19. The fraction of sp³-hybridized carbons (Fsp3) is 0.357. The van der Waals surface area contributed by atoms with Crippen LogP contribution < -0.4 is 4.74 Å². The Balaban J connectivity index is 0.00000162. The number of rotatable bonds is 3. The van der Waals surface area contributed by atoms with E-state index in [0.29, 0.717) is 0 Å². The summed E-state index contributed by atoms with van der Waals surface area (Å²) in [7, 11) is 1.65. The van der Waals surface area contributed by atoms with Crippen LogP contribution in [0.4, 0.5) is 0 Å². The maximum Gasteiger partial charge on any atom is 0.0657 e. The number of hydrogen-bond acceptors (Lipinski definition) is 2. The smallest absolute Gasteiger partial charge is 0.0657 e. The maximum absolute atomic E-state index is 5.12. The van der Waals surface area contributed by atoms with E-state index in [1.54, 1.807) is 7.11 Å². The van der Waals surface area contributed by atoms with Crippen LogP contribution in [0.25, 0.3) is 5.69 Å². The molecular formula is C14H17N2OPt-. The van der Waals surface area contributed by atoms with Crippen molar-refractivity contribution >= 4 is 0 Å². The van der Waals surface area contributed by atoms with Gasteiger partial charge in [0, 0.05) is 32.5 Å². The van der Waals surface area contributed by atoms with Gasteiger partial charge in [0.2, 0.25) is 0 Å². The molecule has 4 heteroatoms. The molecule has 1 aromatic heterocycles. The number of methoxy groups -OCH3 is 1. The van der Waals surface area contributed by atoms with Crippen LogP contribution in [0.2, 0.25) is 0 Å². The summed E-state index contributed by atoms with van der Waals surface area (Å²) < 4.78 is 7.06. The Morgan fingerprint density at radius 2 is 2.06 bits per heavy atom. The molecule has 0 aliphatic rings. The Morgan fingerprint density at radius 1 is 1.33 bits per heavy atom. The zero-order valence-corrected chi connectivity index (χ0v) is 13.3. The van der Waals surface area contributed by atoms with E-state index in [0.717, 1.165) is 23.6 Å². The molecule has 1 aromatic carbocycles. The third-order valence-electron chi connectivity index (χ3n) is 3.08. The molecule has 0 aliphatic carbocycles. The molecule has 3 nitrogen and oxygen atoms in total. The summed E-state index contributed by atoms with van der Waals surface area (Å²) in [5.74, 6) is 0.811. The molecule has 0 fully saturated rings. The van der Waals surface area contributed by atoms with Gasteiger partial charge in [-0.15, -0.1) is 18.2 Å². The van der Waals surface area contributed by atoms with Crippen LogP contribution in [0.15, 0.2) is 18.2 Å². The Bertz CT molecular complexity index is 517. The minimum absolute atomic E-state index is 0. The second-order valence-electron chi connectivity index (χ2n) is 4.04. The van der Waals surface area contributed by atoms with Gasteiger partial charge in [-0.25, -0.2) is 0 Å². The van der Waals surface area contributed by atoms with E-state index >= 15 is 0 Å². The van der Waals surface area contributed by atoms with Crippen LogP contribution in [-0.2, 0) is 27.5 Å². The zero-order valence-electron chi connectivity index (χ0n) is 11.1. The minimum Gasteiger partial charge on any atom is -0.554 e. The number of hydrogen-bond donors (Lipinski definition) is 0. The fourth-order valence-corrected chi connectivity index (χ4v) is 1.87. The first-order valence-electron chi connectivity index (χ1n) is 5.78. The fourth-order valence-electron chi connectivity index (χ4n) is 1.87. The van der Waals surface area contributed by atoms with E-state index in [1.165, 1.54) is 11.3 Å². The number of benzene rings is 1. The molecule has 0 atom stereocenters. The van der Waals surface area contributed by atoms with Gasteiger partial charge in [0.15, 0.2) is 0 Å². The first-order valence-corrected chi connectivity index (χ1v) is 5.78. The molecule has 0 spiro atoms. The Kier molecular flexibility index (Phi) is 5.15. The SMILES string of the molecule is CCc1nn(-c2[c-]cc(OC)cc2)c(C)c1C.[Pt]. The van der Waals surface area contributed by atoms with Crippen LogP contribution in [0.1, 0.15) is 23.9 Å². The van der Waals surface area contributed by atoms with Crippen LogP contribution in [0.5, 0.6) is 5.75 Å². The van der Waals surface area contributed by atoms with E-state index in [9.17, 15) is 0 Å². The molecule has 2 aromatic rings. The van der Waals surface area contributed by atoms with Crippen molar-refractivity contribution in [3.63, 3.8) is 0 Å². The summed E-state index contributed by atoms with van der Waals surface area (Å²) in [5, 5.41) is 4.60. The van der Waals surface area contributed by atoms with Crippen LogP contribution in [0, 0.1) is 19.9 Å². The Morgan fingerprint density at radius 3 is 2.50 bits per heavy atom. The van der Waals surface area contributed by atoms with Gasteiger partial charge in [-0.2, -0.15) is 11.2 Å². The zero-order chi connectivity index (χ0) is 12.4.